The third kappa shape index (κ3) is 7.51. The molecule has 3 aromatic rings. The van der Waals surface area contributed by atoms with Crippen LogP contribution in [0.2, 0.25) is 0 Å². The van der Waals surface area contributed by atoms with E-state index in [1.54, 1.807) is 0 Å². The molecular formula is C30H30O6. The monoisotopic (exact) mass is 486 g/mol. The molecule has 36 heavy (non-hydrogen) atoms. The smallest absolute Gasteiger partial charge is 0.384 e. The van der Waals surface area contributed by atoms with Gasteiger partial charge < -0.3 is 23.7 Å². The molecule has 0 saturated carbocycles. The van der Waals surface area contributed by atoms with Crippen LogP contribution in [0.25, 0.3) is 0 Å². The van der Waals surface area contributed by atoms with Crippen LogP contribution >= 0.6 is 0 Å². The maximum absolute atomic E-state index is 11.7. The van der Waals surface area contributed by atoms with Crippen LogP contribution in [0.1, 0.15) is 16.7 Å². The summed E-state index contributed by atoms with van der Waals surface area (Å²) in [5.74, 6) is 4.73. The number of hydrogen-bond acceptors (Lipinski definition) is 6. The third-order valence-corrected chi connectivity index (χ3v) is 5.78. The molecule has 1 aliphatic heterocycles. The first-order valence-electron chi connectivity index (χ1n) is 11.9. The summed E-state index contributed by atoms with van der Waals surface area (Å²) in [7, 11) is 1.29. The summed E-state index contributed by atoms with van der Waals surface area (Å²) in [6, 6.07) is 29.7. The van der Waals surface area contributed by atoms with Crippen molar-refractivity contribution in [3.63, 3.8) is 0 Å². The topological polar surface area (TPSA) is 63.2 Å². The van der Waals surface area contributed by atoms with Crippen molar-refractivity contribution in [3.8, 4) is 11.8 Å². The normalized spacial score (nSPS) is 20.9. The average molecular weight is 487 g/mol. The lowest BCUT2D eigenvalue weighted by Crippen LogP contribution is -2.38. The standard InChI is InChI=1S/C30H30O6/c1-32-28(31)18-17-26-29(34-20-24-13-7-3-8-14-24)30(35-21-25-15-9-4-10-16-25)27(36-26)22-33-19-23-11-5-2-6-12-23/h2-16,26-27,29-30H,19-22H2,1H3/t26-,27+,29-,30+/m0/s1. The zero-order valence-corrected chi connectivity index (χ0v) is 20.2. The van der Waals surface area contributed by atoms with E-state index in [1.165, 1.54) is 7.11 Å². The SMILES string of the molecule is COC(=O)C#C[C@@H]1O[C@H](COCc2ccccc2)[C@@H](OCc2ccccc2)[C@H]1OCc1ccccc1. The Morgan fingerprint density at radius 3 is 1.78 bits per heavy atom. The van der Waals surface area contributed by atoms with Gasteiger partial charge in [0.15, 0.2) is 0 Å². The maximum Gasteiger partial charge on any atom is 0.384 e. The molecular weight excluding hydrogens is 456 g/mol. The van der Waals surface area contributed by atoms with Gasteiger partial charge in [-0.3, -0.25) is 0 Å². The second kappa shape index (κ2) is 13.6. The molecule has 1 heterocycles. The van der Waals surface area contributed by atoms with Gasteiger partial charge >= 0.3 is 5.97 Å². The molecule has 6 nitrogen and oxygen atoms in total. The van der Waals surface area contributed by atoms with Crippen molar-refractivity contribution in [1.29, 1.82) is 0 Å². The fraction of sp³-hybridized carbons (Fsp3) is 0.300. The summed E-state index contributed by atoms with van der Waals surface area (Å²) < 4.78 is 29.6. The lowest BCUT2D eigenvalue weighted by atomic mass is 10.1. The quantitative estimate of drug-likeness (QED) is 0.242. The lowest BCUT2D eigenvalue weighted by molar-refractivity contribution is -0.133. The molecule has 4 rings (SSSR count). The van der Waals surface area contributed by atoms with Crippen molar-refractivity contribution in [2.24, 2.45) is 0 Å². The summed E-state index contributed by atoms with van der Waals surface area (Å²) in [6.07, 6.45) is -2.10. The van der Waals surface area contributed by atoms with Crippen LogP contribution in [0.3, 0.4) is 0 Å². The van der Waals surface area contributed by atoms with Crippen molar-refractivity contribution in [1.82, 2.24) is 0 Å². The van der Waals surface area contributed by atoms with Crippen LogP contribution in [0.5, 0.6) is 0 Å². The van der Waals surface area contributed by atoms with Gasteiger partial charge in [-0.05, 0) is 16.7 Å². The van der Waals surface area contributed by atoms with Crippen molar-refractivity contribution in [2.45, 2.75) is 44.2 Å². The van der Waals surface area contributed by atoms with Gasteiger partial charge in [0.25, 0.3) is 0 Å². The molecule has 4 atom stereocenters. The Labute approximate surface area is 212 Å². The van der Waals surface area contributed by atoms with Gasteiger partial charge in [0.1, 0.15) is 24.4 Å². The van der Waals surface area contributed by atoms with E-state index in [0.29, 0.717) is 19.8 Å². The summed E-state index contributed by atoms with van der Waals surface area (Å²) in [5, 5.41) is 0. The van der Waals surface area contributed by atoms with E-state index < -0.39 is 30.4 Å². The molecule has 0 spiro atoms. The molecule has 0 aromatic heterocycles. The number of carbonyl (C=O) groups excluding carboxylic acids is 1. The maximum atomic E-state index is 11.7. The number of methoxy groups -OCH3 is 1. The number of carbonyl (C=O) groups is 1. The van der Waals surface area contributed by atoms with E-state index in [2.05, 4.69) is 16.6 Å². The Morgan fingerprint density at radius 2 is 1.25 bits per heavy atom. The van der Waals surface area contributed by atoms with E-state index in [-0.39, 0.29) is 6.61 Å². The minimum atomic E-state index is -0.682. The van der Waals surface area contributed by atoms with Gasteiger partial charge in [-0.15, -0.1) is 0 Å². The highest BCUT2D eigenvalue weighted by Crippen LogP contribution is 2.29. The Kier molecular flexibility index (Phi) is 9.66. The molecule has 0 amide bonds. The first-order valence-corrected chi connectivity index (χ1v) is 11.9. The fourth-order valence-corrected chi connectivity index (χ4v) is 3.94. The molecule has 0 aliphatic carbocycles. The Morgan fingerprint density at radius 1 is 0.750 bits per heavy atom. The van der Waals surface area contributed by atoms with Crippen LogP contribution < -0.4 is 0 Å². The number of hydrogen-bond donors (Lipinski definition) is 0. The Hall–Kier alpha value is -3.47. The first kappa shape index (κ1) is 25.6. The number of ether oxygens (including phenoxy) is 5. The Bertz CT molecular complexity index is 1120. The predicted octanol–water partition coefficient (Wildman–Crippen LogP) is 4.32. The number of rotatable bonds is 10. The van der Waals surface area contributed by atoms with Crippen LogP contribution in [0.4, 0.5) is 0 Å². The Balaban J connectivity index is 1.51. The molecule has 0 unspecified atom stereocenters. The molecule has 0 N–H and O–H groups in total. The molecule has 186 valence electrons. The van der Waals surface area contributed by atoms with Gasteiger partial charge in [-0.25, -0.2) is 4.79 Å². The second-order valence-corrected chi connectivity index (χ2v) is 8.38. The van der Waals surface area contributed by atoms with E-state index in [4.69, 9.17) is 18.9 Å². The summed E-state index contributed by atoms with van der Waals surface area (Å²) >= 11 is 0. The zero-order valence-electron chi connectivity index (χ0n) is 20.2. The molecule has 1 saturated heterocycles. The summed E-state index contributed by atoms with van der Waals surface area (Å²) in [5.41, 5.74) is 3.12. The number of benzene rings is 3. The molecule has 1 fully saturated rings. The van der Waals surface area contributed by atoms with Gasteiger partial charge in [0.05, 0.1) is 33.5 Å². The zero-order chi connectivity index (χ0) is 25.0. The van der Waals surface area contributed by atoms with Crippen LogP contribution in [0, 0.1) is 11.8 Å². The highest BCUT2D eigenvalue weighted by molar-refractivity contribution is 5.88. The van der Waals surface area contributed by atoms with Gasteiger partial charge in [-0.1, -0.05) is 96.9 Å². The van der Waals surface area contributed by atoms with E-state index in [9.17, 15) is 4.79 Å². The van der Waals surface area contributed by atoms with Crippen LogP contribution in [-0.2, 0) is 48.3 Å². The van der Waals surface area contributed by atoms with Gasteiger partial charge in [0.2, 0.25) is 0 Å². The third-order valence-electron chi connectivity index (χ3n) is 5.78. The van der Waals surface area contributed by atoms with E-state index >= 15 is 0 Å². The van der Waals surface area contributed by atoms with Crippen molar-refractivity contribution in [2.75, 3.05) is 13.7 Å². The van der Waals surface area contributed by atoms with E-state index in [0.717, 1.165) is 16.7 Å². The number of esters is 1. The summed E-state index contributed by atoms with van der Waals surface area (Å²) in [6.45, 7) is 1.47. The molecule has 3 aromatic carbocycles. The molecule has 0 radical (unpaired) electrons. The van der Waals surface area contributed by atoms with Gasteiger partial charge in [0, 0.05) is 5.92 Å². The highest BCUT2D eigenvalue weighted by Gasteiger charge is 2.46. The summed E-state index contributed by atoms with van der Waals surface area (Å²) in [4.78, 5) is 11.7. The average Bonchev–Trinajstić information content (AvgIpc) is 3.27. The van der Waals surface area contributed by atoms with Crippen LogP contribution in [0.15, 0.2) is 91.0 Å². The molecule has 0 bridgehead atoms. The van der Waals surface area contributed by atoms with Crippen molar-refractivity contribution in [3.05, 3.63) is 108 Å². The largest absolute Gasteiger partial charge is 0.459 e. The van der Waals surface area contributed by atoms with Gasteiger partial charge in [-0.2, -0.15) is 0 Å². The first-order chi connectivity index (χ1) is 17.7. The highest BCUT2D eigenvalue weighted by atomic mass is 16.6. The van der Waals surface area contributed by atoms with Crippen LogP contribution in [-0.4, -0.2) is 44.1 Å². The van der Waals surface area contributed by atoms with Crippen molar-refractivity contribution >= 4 is 5.97 Å². The molecule has 6 heteroatoms. The second-order valence-electron chi connectivity index (χ2n) is 8.38. The fourth-order valence-electron chi connectivity index (χ4n) is 3.94. The van der Waals surface area contributed by atoms with Crippen molar-refractivity contribution < 1.29 is 28.5 Å². The molecule has 1 aliphatic rings. The minimum Gasteiger partial charge on any atom is -0.459 e. The lowest BCUT2D eigenvalue weighted by Gasteiger charge is -2.24. The predicted molar refractivity (Wildman–Crippen MR) is 135 cm³/mol. The van der Waals surface area contributed by atoms with E-state index in [1.807, 2.05) is 91.0 Å². The minimum absolute atomic E-state index is 0.288.